The van der Waals surface area contributed by atoms with Crippen molar-refractivity contribution < 1.29 is 4.74 Å². The van der Waals surface area contributed by atoms with E-state index in [1.165, 1.54) is 11.1 Å². The smallest absolute Gasteiger partial charge is 0.161 e. The summed E-state index contributed by atoms with van der Waals surface area (Å²) < 4.78 is 7.43. The molecule has 0 bridgehead atoms. The number of benzene rings is 1. The summed E-state index contributed by atoms with van der Waals surface area (Å²) in [5.74, 6) is 6.61. The van der Waals surface area contributed by atoms with Crippen LogP contribution in [0.5, 0.6) is 5.75 Å². The van der Waals surface area contributed by atoms with Gasteiger partial charge in [-0.15, -0.1) is 0 Å². The second-order valence-corrected chi connectivity index (χ2v) is 5.21. The third-order valence-electron chi connectivity index (χ3n) is 3.90. The minimum atomic E-state index is -0.145. The van der Waals surface area contributed by atoms with Crippen LogP contribution in [-0.4, -0.2) is 16.9 Å². The van der Waals surface area contributed by atoms with Gasteiger partial charge < -0.3 is 4.74 Å². The molecule has 0 saturated carbocycles. The molecule has 0 aliphatic heterocycles. The van der Waals surface area contributed by atoms with Crippen molar-refractivity contribution >= 4 is 0 Å². The molecule has 1 atom stereocenters. The fourth-order valence-corrected chi connectivity index (χ4v) is 2.62. The molecule has 114 valence electrons. The number of nitrogens with two attached hydrogens (primary N) is 1. The summed E-state index contributed by atoms with van der Waals surface area (Å²) in [7, 11) is 1.66. The summed E-state index contributed by atoms with van der Waals surface area (Å²) in [5, 5.41) is 4.42. The lowest BCUT2D eigenvalue weighted by atomic mass is 9.95. The maximum Gasteiger partial charge on any atom is 0.161 e. The van der Waals surface area contributed by atoms with Crippen molar-refractivity contribution in [3.63, 3.8) is 0 Å². The van der Waals surface area contributed by atoms with Crippen LogP contribution in [0.2, 0.25) is 0 Å². The molecular weight excluding hydrogens is 264 g/mol. The van der Waals surface area contributed by atoms with Crippen molar-refractivity contribution in [3.05, 3.63) is 46.8 Å². The Hall–Kier alpha value is -1.85. The van der Waals surface area contributed by atoms with E-state index in [2.05, 4.69) is 49.5 Å². The first kappa shape index (κ1) is 15.5. The molecule has 1 aromatic carbocycles. The summed E-state index contributed by atoms with van der Waals surface area (Å²) in [6.45, 7) is 7.18. The summed E-state index contributed by atoms with van der Waals surface area (Å²) in [5.41, 5.74) is 7.51. The molecule has 5 heteroatoms. The van der Waals surface area contributed by atoms with E-state index in [1.54, 1.807) is 13.3 Å². The van der Waals surface area contributed by atoms with Crippen LogP contribution in [0.3, 0.4) is 0 Å². The zero-order valence-electron chi connectivity index (χ0n) is 13.2. The van der Waals surface area contributed by atoms with Gasteiger partial charge in [-0.1, -0.05) is 25.1 Å². The number of nitrogens with one attached hydrogen (secondary N) is 1. The third kappa shape index (κ3) is 2.94. The quantitative estimate of drug-likeness (QED) is 0.633. The van der Waals surface area contributed by atoms with E-state index in [4.69, 9.17) is 10.6 Å². The summed E-state index contributed by atoms with van der Waals surface area (Å²) >= 11 is 0. The van der Waals surface area contributed by atoms with E-state index in [0.717, 1.165) is 30.0 Å². The summed E-state index contributed by atoms with van der Waals surface area (Å²) in [4.78, 5) is 0. The first-order valence-corrected chi connectivity index (χ1v) is 7.25. The molecule has 3 N–H and O–H groups in total. The minimum Gasteiger partial charge on any atom is -0.493 e. The van der Waals surface area contributed by atoms with Gasteiger partial charge in [-0.2, -0.15) is 5.10 Å². The van der Waals surface area contributed by atoms with Gasteiger partial charge in [-0.25, -0.2) is 5.43 Å². The molecule has 0 saturated heterocycles. The predicted octanol–water partition coefficient (Wildman–Crippen LogP) is 2.47. The highest BCUT2D eigenvalue weighted by atomic mass is 16.5. The van der Waals surface area contributed by atoms with Gasteiger partial charge in [0, 0.05) is 6.54 Å². The highest BCUT2D eigenvalue weighted by Gasteiger charge is 2.24. The Balaban J connectivity index is 2.55. The van der Waals surface area contributed by atoms with E-state index in [-0.39, 0.29) is 6.04 Å². The van der Waals surface area contributed by atoms with Gasteiger partial charge in [0.25, 0.3) is 0 Å². The predicted molar refractivity (Wildman–Crippen MR) is 84.2 cm³/mol. The van der Waals surface area contributed by atoms with Crippen LogP contribution < -0.4 is 16.0 Å². The number of ether oxygens (including phenoxy) is 1. The second-order valence-electron chi connectivity index (χ2n) is 5.21. The van der Waals surface area contributed by atoms with Crippen molar-refractivity contribution in [2.45, 2.75) is 39.8 Å². The van der Waals surface area contributed by atoms with Gasteiger partial charge in [0.2, 0.25) is 0 Å². The van der Waals surface area contributed by atoms with Crippen molar-refractivity contribution in [1.82, 2.24) is 15.2 Å². The number of aromatic nitrogens is 2. The average Bonchev–Trinajstić information content (AvgIpc) is 2.88. The molecule has 0 aliphatic carbocycles. The maximum absolute atomic E-state index is 5.86. The van der Waals surface area contributed by atoms with Crippen molar-refractivity contribution in [2.24, 2.45) is 5.84 Å². The van der Waals surface area contributed by atoms with Gasteiger partial charge in [0.1, 0.15) is 5.69 Å². The molecule has 1 heterocycles. The van der Waals surface area contributed by atoms with Gasteiger partial charge in [0.05, 0.1) is 19.3 Å². The molecule has 0 amide bonds. The van der Waals surface area contributed by atoms with Crippen molar-refractivity contribution in [2.75, 3.05) is 7.11 Å². The monoisotopic (exact) mass is 288 g/mol. The second kappa shape index (κ2) is 6.74. The Morgan fingerprint density at radius 1 is 1.38 bits per heavy atom. The van der Waals surface area contributed by atoms with Crippen molar-refractivity contribution in [3.8, 4) is 5.75 Å². The molecule has 1 unspecified atom stereocenters. The summed E-state index contributed by atoms with van der Waals surface area (Å²) in [6.07, 6.45) is 2.75. The van der Waals surface area contributed by atoms with E-state index in [9.17, 15) is 0 Å². The molecule has 5 nitrogen and oxygen atoms in total. The Morgan fingerprint density at radius 2 is 2.14 bits per heavy atom. The topological polar surface area (TPSA) is 65.1 Å². The largest absolute Gasteiger partial charge is 0.493 e. The van der Waals surface area contributed by atoms with Crippen molar-refractivity contribution in [1.29, 1.82) is 0 Å². The van der Waals surface area contributed by atoms with E-state index in [1.807, 2.05) is 4.68 Å². The molecular formula is C16H24N4O. The van der Waals surface area contributed by atoms with Gasteiger partial charge in [-0.3, -0.25) is 10.5 Å². The van der Waals surface area contributed by atoms with Gasteiger partial charge in [0.15, 0.2) is 5.75 Å². The lowest BCUT2D eigenvalue weighted by Gasteiger charge is -2.22. The van der Waals surface area contributed by atoms with E-state index in [0.29, 0.717) is 0 Å². The molecule has 0 aliphatic rings. The minimum absolute atomic E-state index is 0.145. The molecule has 0 fully saturated rings. The molecule has 0 spiro atoms. The van der Waals surface area contributed by atoms with Crippen LogP contribution in [0.1, 0.15) is 41.8 Å². The number of hydrogen-bond donors (Lipinski definition) is 2. The number of hydrogen-bond acceptors (Lipinski definition) is 4. The SMILES string of the molecule is CCCn1ncc(OC)c1C(NN)c1cccc(C)c1C. The number of rotatable bonds is 6. The van der Waals surface area contributed by atoms with Gasteiger partial charge in [-0.05, 0) is 37.0 Å². The maximum atomic E-state index is 5.86. The van der Waals surface area contributed by atoms with Crippen LogP contribution in [0.4, 0.5) is 0 Å². The Bertz CT molecular complexity index is 606. The van der Waals surface area contributed by atoms with Crippen LogP contribution >= 0.6 is 0 Å². The first-order chi connectivity index (χ1) is 10.1. The van der Waals surface area contributed by atoms with E-state index < -0.39 is 0 Å². The normalized spacial score (nSPS) is 12.4. The zero-order chi connectivity index (χ0) is 15.4. The third-order valence-corrected chi connectivity index (χ3v) is 3.90. The lowest BCUT2D eigenvalue weighted by molar-refractivity contribution is 0.398. The Kier molecular flexibility index (Phi) is 4.98. The number of aryl methyl sites for hydroxylation is 2. The molecule has 21 heavy (non-hydrogen) atoms. The van der Waals surface area contributed by atoms with Crippen LogP contribution in [0, 0.1) is 13.8 Å². The first-order valence-electron chi connectivity index (χ1n) is 7.25. The number of hydrazine groups is 1. The molecule has 2 aromatic rings. The van der Waals surface area contributed by atoms with Gasteiger partial charge >= 0.3 is 0 Å². The fourth-order valence-electron chi connectivity index (χ4n) is 2.62. The van der Waals surface area contributed by atoms with Crippen LogP contribution in [-0.2, 0) is 6.54 Å². The number of nitrogens with zero attached hydrogens (tertiary/aromatic N) is 2. The highest BCUT2D eigenvalue weighted by molar-refractivity contribution is 5.42. The molecule has 1 aromatic heterocycles. The standard InChI is InChI=1S/C16H24N4O/c1-5-9-20-16(14(21-4)10-18-20)15(19-17)13-8-6-7-11(2)12(13)3/h6-8,10,15,19H,5,9,17H2,1-4H3. The number of methoxy groups -OCH3 is 1. The highest BCUT2D eigenvalue weighted by Crippen LogP contribution is 2.32. The molecule has 0 radical (unpaired) electrons. The average molecular weight is 288 g/mol. The van der Waals surface area contributed by atoms with Crippen LogP contribution in [0.15, 0.2) is 24.4 Å². The fraction of sp³-hybridized carbons (Fsp3) is 0.438. The molecule has 2 rings (SSSR count). The Labute approximate surface area is 126 Å². The zero-order valence-corrected chi connectivity index (χ0v) is 13.2. The summed E-state index contributed by atoms with van der Waals surface area (Å²) in [6, 6.07) is 6.10. The lowest BCUT2D eigenvalue weighted by Crippen LogP contribution is -2.31. The Morgan fingerprint density at radius 3 is 2.76 bits per heavy atom. The van der Waals surface area contributed by atoms with E-state index >= 15 is 0 Å². The van der Waals surface area contributed by atoms with Crippen LogP contribution in [0.25, 0.3) is 0 Å².